The molecule has 0 bridgehead atoms. The minimum atomic E-state index is 0.662. The standard InChI is InChI=1S/C15H19N3O/c1-4-16-15-17-11(3)9-14(18-15)12-7-6-8-13(10-12)19-5-2/h6-10H,4-5H2,1-3H3,(H,16,17,18). The lowest BCUT2D eigenvalue weighted by Crippen LogP contribution is -2.04. The van der Waals surface area contributed by atoms with E-state index in [0.717, 1.165) is 29.2 Å². The fourth-order valence-electron chi connectivity index (χ4n) is 1.87. The zero-order valence-electron chi connectivity index (χ0n) is 11.6. The molecule has 0 atom stereocenters. The van der Waals surface area contributed by atoms with Crippen molar-refractivity contribution in [1.29, 1.82) is 0 Å². The van der Waals surface area contributed by atoms with Gasteiger partial charge >= 0.3 is 0 Å². The van der Waals surface area contributed by atoms with E-state index in [1.807, 2.05) is 51.1 Å². The summed E-state index contributed by atoms with van der Waals surface area (Å²) in [6.07, 6.45) is 0. The summed E-state index contributed by atoms with van der Waals surface area (Å²) in [6, 6.07) is 9.93. The van der Waals surface area contributed by atoms with Gasteiger partial charge in [-0.25, -0.2) is 9.97 Å². The van der Waals surface area contributed by atoms with Gasteiger partial charge in [-0.15, -0.1) is 0 Å². The van der Waals surface area contributed by atoms with Crippen LogP contribution in [0.1, 0.15) is 19.5 Å². The maximum atomic E-state index is 5.52. The molecule has 1 aromatic carbocycles. The molecule has 0 fully saturated rings. The van der Waals surface area contributed by atoms with Crippen LogP contribution in [0.5, 0.6) is 5.75 Å². The Balaban J connectivity index is 2.37. The van der Waals surface area contributed by atoms with E-state index in [0.29, 0.717) is 12.6 Å². The molecular formula is C15H19N3O. The predicted molar refractivity (Wildman–Crippen MR) is 77.5 cm³/mol. The van der Waals surface area contributed by atoms with E-state index in [4.69, 9.17) is 4.74 Å². The van der Waals surface area contributed by atoms with Crippen molar-refractivity contribution < 1.29 is 4.74 Å². The van der Waals surface area contributed by atoms with Crippen molar-refractivity contribution >= 4 is 5.95 Å². The third-order valence-electron chi connectivity index (χ3n) is 2.63. The molecule has 0 spiro atoms. The lowest BCUT2D eigenvalue weighted by molar-refractivity contribution is 0.340. The number of hydrogen-bond donors (Lipinski definition) is 1. The van der Waals surface area contributed by atoms with Crippen molar-refractivity contribution in [3.63, 3.8) is 0 Å². The van der Waals surface area contributed by atoms with Gasteiger partial charge in [-0.2, -0.15) is 0 Å². The third kappa shape index (κ3) is 3.44. The minimum absolute atomic E-state index is 0.662. The fraction of sp³-hybridized carbons (Fsp3) is 0.333. The highest BCUT2D eigenvalue weighted by Crippen LogP contribution is 2.23. The quantitative estimate of drug-likeness (QED) is 0.893. The molecular weight excluding hydrogens is 238 g/mol. The molecule has 0 saturated heterocycles. The first-order chi connectivity index (χ1) is 9.22. The Bertz CT molecular complexity index is 555. The van der Waals surface area contributed by atoms with Crippen molar-refractivity contribution in [2.45, 2.75) is 20.8 Å². The maximum Gasteiger partial charge on any atom is 0.223 e. The van der Waals surface area contributed by atoms with Crippen LogP contribution in [0.2, 0.25) is 0 Å². The van der Waals surface area contributed by atoms with Crippen LogP contribution >= 0.6 is 0 Å². The normalized spacial score (nSPS) is 10.3. The number of hydrogen-bond acceptors (Lipinski definition) is 4. The number of rotatable bonds is 5. The van der Waals surface area contributed by atoms with Crippen molar-refractivity contribution in [1.82, 2.24) is 9.97 Å². The molecule has 0 amide bonds. The lowest BCUT2D eigenvalue weighted by Gasteiger charge is -2.08. The van der Waals surface area contributed by atoms with Gasteiger partial charge in [-0.1, -0.05) is 12.1 Å². The SMILES string of the molecule is CCNc1nc(C)cc(-c2cccc(OCC)c2)n1. The molecule has 100 valence electrons. The van der Waals surface area contributed by atoms with Crippen LogP contribution in [0.15, 0.2) is 30.3 Å². The van der Waals surface area contributed by atoms with E-state index < -0.39 is 0 Å². The molecule has 19 heavy (non-hydrogen) atoms. The highest BCUT2D eigenvalue weighted by molar-refractivity contribution is 5.62. The molecule has 0 radical (unpaired) electrons. The molecule has 0 unspecified atom stereocenters. The molecule has 2 rings (SSSR count). The van der Waals surface area contributed by atoms with E-state index in [9.17, 15) is 0 Å². The van der Waals surface area contributed by atoms with Crippen molar-refractivity contribution in [3.8, 4) is 17.0 Å². The molecule has 1 aromatic heterocycles. The van der Waals surface area contributed by atoms with E-state index in [-0.39, 0.29) is 0 Å². The number of anilines is 1. The summed E-state index contributed by atoms with van der Waals surface area (Å²) in [6.45, 7) is 7.45. The number of benzene rings is 1. The number of ether oxygens (including phenoxy) is 1. The molecule has 0 aliphatic carbocycles. The first-order valence-corrected chi connectivity index (χ1v) is 6.55. The van der Waals surface area contributed by atoms with E-state index in [1.54, 1.807) is 0 Å². The van der Waals surface area contributed by atoms with E-state index in [1.165, 1.54) is 0 Å². The van der Waals surface area contributed by atoms with Gasteiger partial charge in [0.15, 0.2) is 0 Å². The molecule has 4 heteroatoms. The van der Waals surface area contributed by atoms with Gasteiger partial charge in [0.25, 0.3) is 0 Å². The monoisotopic (exact) mass is 257 g/mol. The molecule has 2 aromatic rings. The maximum absolute atomic E-state index is 5.52. The summed E-state index contributed by atoms with van der Waals surface area (Å²) in [5, 5.41) is 3.14. The summed E-state index contributed by atoms with van der Waals surface area (Å²) in [5.41, 5.74) is 2.89. The first-order valence-electron chi connectivity index (χ1n) is 6.55. The van der Waals surface area contributed by atoms with Crippen LogP contribution in [-0.2, 0) is 0 Å². The topological polar surface area (TPSA) is 47.0 Å². The Morgan fingerprint density at radius 2 is 2.00 bits per heavy atom. The number of aromatic nitrogens is 2. The largest absolute Gasteiger partial charge is 0.494 e. The smallest absolute Gasteiger partial charge is 0.223 e. The van der Waals surface area contributed by atoms with Crippen molar-refractivity contribution in [2.75, 3.05) is 18.5 Å². The van der Waals surface area contributed by atoms with Gasteiger partial charge < -0.3 is 10.1 Å². The number of aryl methyl sites for hydroxylation is 1. The van der Waals surface area contributed by atoms with E-state index in [2.05, 4.69) is 15.3 Å². The average molecular weight is 257 g/mol. The third-order valence-corrected chi connectivity index (χ3v) is 2.63. The van der Waals surface area contributed by atoms with Crippen LogP contribution in [0.25, 0.3) is 11.3 Å². The van der Waals surface area contributed by atoms with Crippen molar-refractivity contribution in [3.05, 3.63) is 36.0 Å². The van der Waals surface area contributed by atoms with Gasteiger partial charge in [0.05, 0.1) is 12.3 Å². The second-order valence-electron chi connectivity index (χ2n) is 4.21. The zero-order chi connectivity index (χ0) is 13.7. The van der Waals surface area contributed by atoms with Crippen LogP contribution in [-0.4, -0.2) is 23.1 Å². The zero-order valence-corrected chi connectivity index (χ0v) is 11.6. The van der Waals surface area contributed by atoms with Crippen LogP contribution in [0, 0.1) is 6.92 Å². The first kappa shape index (κ1) is 13.3. The Morgan fingerprint density at radius 3 is 2.74 bits per heavy atom. The van der Waals surface area contributed by atoms with Crippen LogP contribution in [0.4, 0.5) is 5.95 Å². The molecule has 0 aliphatic rings. The fourth-order valence-corrected chi connectivity index (χ4v) is 1.87. The van der Waals surface area contributed by atoms with Crippen LogP contribution in [0.3, 0.4) is 0 Å². The summed E-state index contributed by atoms with van der Waals surface area (Å²) in [7, 11) is 0. The predicted octanol–water partition coefficient (Wildman–Crippen LogP) is 3.28. The Hall–Kier alpha value is -2.10. The molecule has 0 aliphatic heterocycles. The van der Waals surface area contributed by atoms with Gasteiger partial charge in [0, 0.05) is 17.8 Å². The molecule has 4 nitrogen and oxygen atoms in total. The van der Waals surface area contributed by atoms with Gasteiger partial charge in [0.2, 0.25) is 5.95 Å². The van der Waals surface area contributed by atoms with Gasteiger partial charge in [-0.3, -0.25) is 0 Å². The lowest BCUT2D eigenvalue weighted by atomic mass is 10.1. The van der Waals surface area contributed by atoms with Crippen molar-refractivity contribution in [2.24, 2.45) is 0 Å². The Kier molecular flexibility index (Phi) is 4.34. The second-order valence-corrected chi connectivity index (χ2v) is 4.21. The summed E-state index contributed by atoms with van der Waals surface area (Å²) in [5.74, 6) is 1.53. The van der Waals surface area contributed by atoms with Gasteiger partial charge in [-0.05, 0) is 39.0 Å². The summed E-state index contributed by atoms with van der Waals surface area (Å²) >= 11 is 0. The molecule has 1 N–H and O–H groups in total. The van der Waals surface area contributed by atoms with Crippen LogP contribution < -0.4 is 10.1 Å². The molecule has 0 saturated carbocycles. The highest BCUT2D eigenvalue weighted by Gasteiger charge is 2.05. The summed E-state index contributed by atoms with van der Waals surface area (Å²) in [4.78, 5) is 8.87. The second kappa shape index (κ2) is 6.18. The average Bonchev–Trinajstić information content (AvgIpc) is 2.39. The van der Waals surface area contributed by atoms with E-state index >= 15 is 0 Å². The Morgan fingerprint density at radius 1 is 1.16 bits per heavy atom. The van der Waals surface area contributed by atoms with Gasteiger partial charge in [0.1, 0.15) is 5.75 Å². The number of nitrogens with zero attached hydrogens (tertiary/aromatic N) is 2. The number of nitrogens with one attached hydrogen (secondary N) is 1. The molecule has 1 heterocycles. The highest BCUT2D eigenvalue weighted by atomic mass is 16.5. The Labute approximate surface area is 113 Å². The minimum Gasteiger partial charge on any atom is -0.494 e. The summed E-state index contributed by atoms with van der Waals surface area (Å²) < 4.78 is 5.52.